The molecule has 64 valence electrons. The summed E-state index contributed by atoms with van der Waals surface area (Å²) in [6.45, 7) is 3.50. The minimum absolute atomic E-state index is 0.0249. The molecule has 0 aliphatic carbocycles. The Morgan fingerprint density at radius 1 is 1.82 bits per heavy atom. The molecule has 1 atom stereocenters. The van der Waals surface area contributed by atoms with Crippen LogP contribution < -0.4 is 5.32 Å². The summed E-state index contributed by atoms with van der Waals surface area (Å²) in [7, 11) is 0. The second-order valence-corrected chi connectivity index (χ2v) is 3.66. The van der Waals surface area contributed by atoms with E-state index in [9.17, 15) is 4.79 Å². The summed E-state index contributed by atoms with van der Waals surface area (Å²) in [4.78, 5) is 13.1. The molecule has 0 bridgehead atoms. The van der Waals surface area contributed by atoms with Crippen molar-refractivity contribution in [1.82, 2.24) is 10.2 Å². The van der Waals surface area contributed by atoms with E-state index in [0.717, 1.165) is 19.0 Å². The number of hydrogen-bond donors (Lipinski definition) is 1. The van der Waals surface area contributed by atoms with Crippen molar-refractivity contribution in [2.45, 2.75) is 13.0 Å². The van der Waals surface area contributed by atoms with E-state index in [4.69, 9.17) is 0 Å². The predicted octanol–water partition coefficient (Wildman–Crippen LogP) is 0.127. The average molecular weight is 174 g/mol. The maximum atomic E-state index is 11.3. The minimum Gasteiger partial charge on any atom is -0.328 e. The van der Waals surface area contributed by atoms with Crippen LogP contribution in [0.1, 0.15) is 6.92 Å². The number of thioether (sulfide) groups is 1. The number of rotatable bonds is 3. The van der Waals surface area contributed by atoms with E-state index in [1.54, 1.807) is 11.8 Å². The van der Waals surface area contributed by atoms with Gasteiger partial charge in [0.1, 0.15) is 0 Å². The summed E-state index contributed by atoms with van der Waals surface area (Å²) < 4.78 is 0. The van der Waals surface area contributed by atoms with Crippen LogP contribution in [0.2, 0.25) is 0 Å². The molecule has 3 nitrogen and oxygen atoms in total. The van der Waals surface area contributed by atoms with E-state index >= 15 is 0 Å². The minimum atomic E-state index is 0.0249. The molecule has 4 heteroatoms. The van der Waals surface area contributed by atoms with Crippen LogP contribution in [0.4, 0.5) is 0 Å². The van der Waals surface area contributed by atoms with Crippen molar-refractivity contribution in [2.75, 3.05) is 25.2 Å². The van der Waals surface area contributed by atoms with Crippen LogP contribution in [0.15, 0.2) is 0 Å². The Balaban J connectivity index is 2.30. The SMILES string of the molecule is CSCCN1CNC(C)C1=O. The maximum Gasteiger partial charge on any atom is 0.240 e. The van der Waals surface area contributed by atoms with E-state index in [0.29, 0.717) is 0 Å². The van der Waals surface area contributed by atoms with Crippen molar-refractivity contribution in [1.29, 1.82) is 0 Å². The first-order chi connectivity index (χ1) is 5.25. The van der Waals surface area contributed by atoms with E-state index in [1.165, 1.54) is 0 Å². The fourth-order valence-corrected chi connectivity index (χ4v) is 1.48. The van der Waals surface area contributed by atoms with Gasteiger partial charge in [-0.2, -0.15) is 11.8 Å². The Hall–Kier alpha value is -0.220. The molecule has 11 heavy (non-hydrogen) atoms. The van der Waals surface area contributed by atoms with Gasteiger partial charge in [0.15, 0.2) is 0 Å². The Bertz CT molecular complexity index is 151. The molecule has 1 heterocycles. The van der Waals surface area contributed by atoms with Crippen molar-refractivity contribution >= 4 is 17.7 Å². The molecule has 1 unspecified atom stereocenters. The van der Waals surface area contributed by atoms with Crippen molar-refractivity contribution in [3.63, 3.8) is 0 Å². The van der Waals surface area contributed by atoms with Gasteiger partial charge in [-0.15, -0.1) is 0 Å². The second kappa shape index (κ2) is 3.97. The molecule has 0 saturated carbocycles. The molecule has 1 saturated heterocycles. The van der Waals surface area contributed by atoms with Gasteiger partial charge >= 0.3 is 0 Å². The molecule has 1 amide bonds. The van der Waals surface area contributed by atoms with Crippen LogP contribution in [0.3, 0.4) is 0 Å². The summed E-state index contributed by atoms with van der Waals surface area (Å²) in [5, 5.41) is 3.10. The van der Waals surface area contributed by atoms with E-state index in [-0.39, 0.29) is 11.9 Å². The monoisotopic (exact) mass is 174 g/mol. The Kier molecular flexibility index (Phi) is 3.20. The first-order valence-electron chi connectivity index (χ1n) is 3.77. The van der Waals surface area contributed by atoms with E-state index < -0.39 is 0 Å². The van der Waals surface area contributed by atoms with Gasteiger partial charge in [0, 0.05) is 12.3 Å². The molecule has 1 rings (SSSR count). The molecule has 1 aliphatic rings. The molecule has 1 fully saturated rings. The van der Waals surface area contributed by atoms with Crippen LogP contribution in [0, 0.1) is 0 Å². The predicted molar refractivity (Wildman–Crippen MR) is 47.6 cm³/mol. The second-order valence-electron chi connectivity index (χ2n) is 2.68. The molecular weight excluding hydrogens is 160 g/mol. The number of carbonyl (C=O) groups excluding carboxylic acids is 1. The first kappa shape index (κ1) is 8.87. The van der Waals surface area contributed by atoms with Gasteiger partial charge in [-0.3, -0.25) is 10.1 Å². The zero-order valence-corrected chi connectivity index (χ0v) is 7.78. The van der Waals surface area contributed by atoms with Crippen LogP contribution in [-0.2, 0) is 4.79 Å². The zero-order valence-electron chi connectivity index (χ0n) is 6.96. The molecule has 0 aromatic carbocycles. The smallest absolute Gasteiger partial charge is 0.240 e. The van der Waals surface area contributed by atoms with Crippen LogP contribution in [-0.4, -0.2) is 42.1 Å². The summed E-state index contributed by atoms with van der Waals surface area (Å²) in [6, 6.07) is 0.0249. The highest BCUT2D eigenvalue weighted by Gasteiger charge is 2.26. The van der Waals surface area contributed by atoms with Gasteiger partial charge in [0.2, 0.25) is 5.91 Å². The molecule has 0 aromatic rings. The highest BCUT2D eigenvalue weighted by Crippen LogP contribution is 2.03. The fourth-order valence-electron chi connectivity index (χ4n) is 1.08. The maximum absolute atomic E-state index is 11.3. The lowest BCUT2D eigenvalue weighted by Gasteiger charge is -2.13. The summed E-state index contributed by atoms with van der Waals surface area (Å²) in [6.07, 6.45) is 2.05. The van der Waals surface area contributed by atoms with E-state index in [1.807, 2.05) is 11.8 Å². The molecule has 0 spiro atoms. The molecule has 1 N–H and O–H groups in total. The van der Waals surface area contributed by atoms with Gasteiger partial charge in [-0.1, -0.05) is 0 Å². The van der Waals surface area contributed by atoms with Crippen molar-refractivity contribution in [3.8, 4) is 0 Å². The van der Waals surface area contributed by atoms with Gasteiger partial charge in [0.25, 0.3) is 0 Å². The quantitative estimate of drug-likeness (QED) is 0.660. The van der Waals surface area contributed by atoms with Crippen LogP contribution >= 0.6 is 11.8 Å². The summed E-state index contributed by atoms with van der Waals surface area (Å²) in [5.74, 6) is 1.26. The standard InChI is InChI=1S/C7H14N2OS/c1-6-7(10)9(5-8-6)3-4-11-2/h6,8H,3-5H2,1-2H3. The van der Waals surface area contributed by atoms with E-state index in [2.05, 4.69) is 11.6 Å². The zero-order chi connectivity index (χ0) is 8.27. The van der Waals surface area contributed by atoms with Crippen molar-refractivity contribution in [3.05, 3.63) is 0 Å². The van der Waals surface area contributed by atoms with Gasteiger partial charge in [-0.25, -0.2) is 0 Å². The molecule has 0 radical (unpaired) electrons. The summed E-state index contributed by atoms with van der Waals surface area (Å²) >= 11 is 1.77. The Morgan fingerprint density at radius 2 is 2.55 bits per heavy atom. The third-order valence-electron chi connectivity index (χ3n) is 1.84. The van der Waals surface area contributed by atoms with Gasteiger partial charge in [-0.05, 0) is 13.2 Å². The number of nitrogens with one attached hydrogen (secondary N) is 1. The molecule has 1 aliphatic heterocycles. The van der Waals surface area contributed by atoms with Crippen molar-refractivity contribution < 1.29 is 4.79 Å². The lowest BCUT2D eigenvalue weighted by atomic mass is 10.3. The fraction of sp³-hybridized carbons (Fsp3) is 0.857. The molecule has 0 aromatic heterocycles. The Morgan fingerprint density at radius 3 is 3.00 bits per heavy atom. The third-order valence-corrected chi connectivity index (χ3v) is 2.43. The largest absolute Gasteiger partial charge is 0.328 e. The number of nitrogens with zero attached hydrogens (tertiary/aromatic N) is 1. The Labute approximate surface area is 71.5 Å². The van der Waals surface area contributed by atoms with Crippen LogP contribution in [0.25, 0.3) is 0 Å². The topological polar surface area (TPSA) is 32.3 Å². The molecular formula is C7H14N2OS. The lowest BCUT2D eigenvalue weighted by Crippen LogP contribution is -2.30. The normalized spacial score (nSPS) is 24.7. The van der Waals surface area contributed by atoms with Gasteiger partial charge < -0.3 is 4.90 Å². The highest BCUT2D eigenvalue weighted by molar-refractivity contribution is 7.98. The lowest BCUT2D eigenvalue weighted by molar-refractivity contribution is -0.128. The van der Waals surface area contributed by atoms with Crippen molar-refractivity contribution in [2.24, 2.45) is 0 Å². The van der Waals surface area contributed by atoms with Crippen LogP contribution in [0.5, 0.6) is 0 Å². The van der Waals surface area contributed by atoms with Gasteiger partial charge in [0.05, 0.1) is 12.7 Å². The highest BCUT2D eigenvalue weighted by atomic mass is 32.2. The third kappa shape index (κ3) is 2.10. The first-order valence-corrected chi connectivity index (χ1v) is 5.16. The average Bonchev–Trinajstić information content (AvgIpc) is 2.31. The number of amides is 1. The number of carbonyl (C=O) groups is 1. The number of hydrogen-bond acceptors (Lipinski definition) is 3. The summed E-state index contributed by atoms with van der Waals surface area (Å²) in [5.41, 5.74) is 0.